The lowest BCUT2D eigenvalue weighted by molar-refractivity contribution is -0.00816. The van der Waals surface area contributed by atoms with Gasteiger partial charge in [-0.3, -0.25) is 0 Å². The Morgan fingerprint density at radius 2 is 2.00 bits per heavy atom. The van der Waals surface area contributed by atoms with Gasteiger partial charge < -0.3 is 14.8 Å². The second-order valence-corrected chi connectivity index (χ2v) is 5.75. The van der Waals surface area contributed by atoms with E-state index in [1.165, 1.54) is 18.4 Å². The van der Waals surface area contributed by atoms with Crippen LogP contribution in [0.25, 0.3) is 0 Å². The molecule has 1 aliphatic heterocycles. The number of rotatable bonds is 8. The molecule has 0 aliphatic carbocycles. The van der Waals surface area contributed by atoms with Crippen LogP contribution in [-0.4, -0.2) is 25.9 Å². The summed E-state index contributed by atoms with van der Waals surface area (Å²) in [5, 5.41) is 3.65. The summed E-state index contributed by atoms with van der Waals surface area (Å²) in [6.45, 7) is 7.03. The molecule has 118 valence electrons. The maximum atomic E-state index is 5.99. The molecule has 0 aromatic heterocycles. The molecule has 2 unspecified atom stereocenters. The summed E-state index contributed by atoms with van der Waals surface area (Å²) in [5.41, 5.74) is 1.30. The molecule has 1 N–H and O–H groups in total. The predicted molar refractivity (Wildman–Crippen MR) is 86.9 cm³/mol. The normalized spacial score (nSPS) is 20.2. The smallest absolute Gasteiger partial charge is 0.119 e. The van der Waals surface area contributed by atoms with Crippen LogP contribution in [-0.2, 0) is 4.74 Å². The summed E-state index contributed by atoms with van der Waals surface area (Å²) in [5.74, 6) is 0.958. The Hall–Kier alpha value is -1.06. The topological polar surface area (TPSA) is 30.5 Å². The van der Waals surface area contributed by atoms with Crippen LogP contribution in [0, 0.1) is 0 Å². The van der Waals surface area contributed by atoms with Gasteiger partial charge >= 0.3 is 0 Å². The Kier molecular flexibility index (Phi) is 7.04. The van der Waals surface area contributed by atoms with Crippen LogP contribution >= 0.6 is 0 Å². The quantitative estimate of drug-likeness (QED) is 0.782. The maximum Gasteiger partial charge on any atom is 0.119 e. The highest BCUT2D eigenvalue weighted by atomic mass is 16.5. The van der Waals surface area contributed by atoms with E-state index in [1.807, 2.05) is 0 Å². The maximum absolute atomic E-state index is 5.99. The van der Waals surface area contributed by atoms with Crippen LogP contribution in [0.2, 0.25) is 0 Å². The van der Waals surface area contributed by atoms with Gasteiger partial charge in [0.1, 0.15) is 5.75 Å². The van der Waals surface area contributed by atoms with Crippen molar-refractivity contribution in [2.45, 2.75) is 58.1 Å². The second kappa shape index (κ2) is 9.06. The summed E-state index contributed by atoms with van der Waals surface area (Å²) in [4.78, 5) is 0. The molecule has 1 aliphatic rings. The molecule has 3 heteroatoms. The van der Waals surface area contributed by atoms with Gasteiger partial charge in [0.2, 0.25) is 0 Å². The van der Waals surface area contributed by atoms with E-state index >= 15 is 0 Å². The molecule has 0 bridgehead atoms. The minimum absolute atomic E-state index is 0.297. The average molecular weight is 291 g/mol. The molecule has 1 fully saturated rings. The van der Waals surface area contributed by atoms with E-state index in [0.717, 1.165) is 44.8 Å². The largest absolute Gasteiger partial charge is 0.494 e. The van der Waals surface area contributed by atoms with Gasteiger partial charge in [0, 0.05) is 6.61 Å². The summed E-state index contributed by atoms with van der Waals surface area (Å²) < 4.78 is 11.7. The molecular formula is C18H29NO2. The molecule has 1 heterocycles. The first-order valence-electron chi connectivity index (χ1n) is 8.43. The number of hydrogen-bond donors (Lipinski definition) is 1. The van der Waals surface area contributed by atoms with Crippen LogP contribution in [0.4, 0.5) is 0 Å². The van der Waals surface area contributed by atoms with E-state index in [2.05, 4.69) is 43.4 Å². The Labute approximate surface area is 129 Å². The van der Waals surface area contributed by atoms with Gasteiger partial charge in [0.05, 0.1) is 18.8 Å². The molecule has 0 spiro atoms. The van der Waals surface area contributed by atoms with E-state index < -0.39 is 0 Å². The predicted octanol–water partition coefficient (Wildman–Crippen LogP) is 4.09. The zero-order valence-corrected chi connectivity index (χ0v) is 13.4. The van der Waals surface area contributed by atoms with Gasteiger partial charge in [-0.2, -0.15) is 0 Å². The number of benzene rings is 1. The standard InChI is InChI=1S/C18H29NO2/c1-3-12-19-18(17-7-5-6-14-21-17)15-8-10-16(11-9-15)20-13-4-2/h8-11,17-19H,3-7,12-14H2,1-2H3. The van der Waals surface area contributed by atoms with Gasteiger partial charge in [-0.25, -0.2) is 0 Å². The molecule has 0 saturated carbocycles. The SMILES string of the molecule is CCCNC(c1ccc(OCCC)cc1)C1CCCCO1. The van der Waals surface area contributed by atoms with Crippen molar-refractivity contribution in [2.24, 2.45) is 0 Å². The van der Waals surface area contributed by atoms with E-state index in [1.54, 1.807) is 0 Å². The Balaban J connectivity index is 2.04. The summed E-state index contributed by atoms with van der Waals surface area (Å²) >= 11 is 0. The molecular weight excluding hydrogens is 262 g/mol. The second-order valence-electron chi connectivity index (χ2n) is 5.75. The van der Waals surface area contributed by atoms with Gasteiger partial charge in [-0.1, -0.05) is 26.0 Å². The molecule has 1 aromatic rings. The monoisotopic (exact) mass is 291 g/mol. The molecule has 2 rings (SSSR count). The van der Waals surface area contributed by atoms with Crippen molar-refractivity contribution in [1.29, 1.82) is 0 Å². The van der Waals surface area contributed by atoms with Gasteiger partial charge in [0.25, 0.3) is 0 Å². The molecule has 21 heavy (non-hydrogen) atoms. The fourth-order valence-corrected chi connectivity index (χ4v) is 2.78. The Bertz CT molecular complexity index is 385. The first-order chi connectivity index (χ1) is 10.3. The lowest BCUT2D eigenvalue weighted by Crippen LogP contribution is -2.36. The molecule has 1 saturated heterocycles. The van der Waals surface area contributed by atoms with Gasteiger partial charge in [-0.05, 0) is 56.3 Å². The number of hydrogen-bond acceptors (Lipinski definition) is 3. The van der Waals surface area contributed by atoms with Crippen molar-refractivity contribution in [1.82, 2.24) is 5.32 Å². The van der Waals surface area contributed by atoms with Crippen LogP contribution in [0.3, 0.4) is 0 Å². The van der Waals surface area contributed by atoms with Crippen molar-refractivity contribution in [3.8, 4) is 5.75 Å². The zero-order valence-electron chi connectivity index (χ0n) is 13.4. The van der Waals surface area contributed by atoms with Crippen LogP contribution in [0.5, 0.6) is 5.75 Å². The van der Waals surface area contributed by atoms with Crippen molar-refractivity contribution < 1.29 is 9.47 Å². The molecule has 0 radical (unpaired) electrons. The summed E-state index contributed by atoms with van der Waals surface area (Å²) in [6, 6.07) is 8.81. The molecule has 2 atom stereocenters. The zero-order chi connectivity index (χ0) is 14.9. The van der Waals surface area contributed by atoms with E-state index in [9.17, 15) is 0 Å². The minimum Gasteiger partial charge on any atom is -0.494 e. The summed E-state index contributed by atoms with van der Waals surface area (Å²) in [7, 11) is 0. The number of ether oxygens (including phenoxy) is 2. The molecule has 3 nitrogen and oxygen atoms in total. The molecule has 0 amide bonds. The first-order valence-corrected chi connectivity index (χ1v) is 8.43. The third-order valence-corrected chi connectivity index (χ3v) is 3.91. The minimum atomic E-state index is 0.297. The highest BCUT2D eigenvalue weighted by molar-refractivity contribution is 5.30. The highest BCUT2D eigenvalue weighted by Gasteiger charge is 2.25. The van der Waals surface area contributed by atoms with Crippen LogP contribution < -0.4 is 10.1 Å². The van der Waals surface area contributed by atoms with Crippen LogP contribution in [0.1, 0.15) is 57.6 Å². The number of nitrogens with one attached hydrogen (secondary N) is 1. The van der Waals surface area contributed by atoms with Crippen molar-refractivity contribution in [3.63, 3.8) is 0 Å². The van der Waals surface area contributed by atoms with Crippen molar-refractivity contribution >= 4 is 0 Å². The lowest BCUT2D eigenvalue weighted by atomic mass is 9.95. The van der Waals surface area contributed by atoms with Crippen LogP contribution in [0.15, 0.2) is 24.3 Å². The Morgan fingerprint density at radius 1 is 1.19 bits per heavy atom. The fourth-order valence-electron chi connectivity index (χ4n) is 2.78. The van der Waals surface area contributed by atoms with E-state index in [4.69, 9.17) is 9.47 Å². The lowest BCUT2D eigenvalue weighted by Gasteiger charge is -2.31. The van der Waals surface area contributed by atoms with Gasteiger partial charge in [0.15, 0.2) is 0 Å². The third kappa shape index (κ3) is 5.01. The van der Waals surface area contributed by atoms with E-state index in [-0.39, 0.29) is 0 Å². The first kappa shape index (κ1) is 16.3. The van der Waals surface area contributed by atoms with E-state index in [0.29, 0.717) is 12.1 Å². The van der Waals surface area contributed by atoms with Crippen molar-refractivity contribution in [2.75, 3.05) is 19.8 Å². The Morgan fingerprint density at radius 3 is 2.62 bits per heavy atom. The summed E-state index contributed by atoms with van der Waals surface area (Å²) in [6.07, 6.45) is 6.09. The molecule has 1 aromatic carbocycles. The van der Waals surface area contributed by atoms with Crippen molar-refractivity contribution in [3.05, 3.63) is 29.8 Å². The highest BCUT2D eigenvalue weighted by Crippen LogP contribution is 2.27. The fraction of sp³-hybridized carbons (Fsp3) is 0.667. The average Bonchev–Trinajstić information content (AvgIpc) is 2.55. The van der Waals surface area contributed by atoms with Gasteiger partial charge in [-0.15, -0.1) is 0 Å². The third-order valence-electron chi connectivity index (χ3n) is 3.91.